The number of rotatable bonds is 0. The Morgan fingerprint density at radius 3 is 3.31 bits per heavy atom. The predicted octanol–water partition coefficient (Wildman–Crippen LogP) is 0.786. The Morgan fingerprint density at radius 1 is 1.69 bits per heavy atom. The van der Waals surface area contributed by atoms with E-state index in [2.05, 4.69) is 11.2 Å². The average Bonchev–Trinajstić information content (AvgIpc) is 2.17. The summed E-state index contributed by atoms with van der Waals surface area (Å²) in [6.45, 7) is 3.09. The van der Waals surface area contributed by atoms with Crippen molar-refractivity contribution in [1.82, 2.24) is 9.88 Å². The van der Waals surface area contributed by atoms with Gasteiger partial charge in [0.05, 0.1) is 6.20 Å². The molecular formula is C10H11N2O. The summed E-state index contributed by atoms with van der Waals surface area (Å²) in [5.41, 5.74) is 2.24. The fourth-order valence-electron chi connectivity index (χ4n) is 1.58. The van der Waals surface area contributed by atoms with E-state index in [1.165, 1.54) is 0 Å². The topological polar surface area (TPSA) is 33.2 Å². The van der Waals surface area contributed by atoms with Crippen LogP contribution >= 0.6 is 0 Å². The molecule has 1 amide bonds. The molecule has 0 aromatic carbocycles. The minimum Gasteiger partial charge on any atom is -0.338 e. The third-order valence-electron chi connectivity index (χ3n) is 2.35. The van der Waals surface area contributed by atoms with Gasteiger partial charge in [0.15, 0.2) is 0 Å². The Balaban J connectivity index is 2.24. The number of fused-ring (bicyclic) bond motifs is 1. The smallest absolute Gasteiger partial charge is 0.219 e. The lowest BCUT2D eigenvalue weighted by molar-refractivity contribution is -0.129. The standard InChI is InChI=1S/C10H11N2O/c1-8(13)12-6-4-10-9(7-12)3-2-5-11-10/h2-3H,4,6-7H2,1H3. The molecule has 1 aromatic heterocycles. The molecule has 1 radical (unpaired) electrons. The summed E-state index contributed by atoms with van der Waals surface area (Å²) in [5.74, 6) is 0.137. The number of carbonyl (C=O) groups excluding carboxylic acids is 1. The zero-order valence-corrected chi connectivity index (χ0v) is 7.58. The molecule has 0 saturated heterocycles. The molecule has 67 valence electrons. The zero-order valence-electron chi connectivity index (χ0n) is 7.58. The van der Waals surface area contributed by atoms with Crippen LogP contribution in [0.1, 0.15) is 18.2 Å². The van der Waals surface area contributed by atoms with Crippen molar-refractivity contribution >= 4 is 5.91 Å². The molecule has 0 bridgehead atoms. The van der Waals surface area contributed by atoms with Gasteiger partial charge >= 0.3 is 0 Å². The normalized spacial score (nSPS) is 15.3. The average molecular weight is 175 g/mol. The summed E-state index contributed by atoms with van der Waals surface area (Å²) in [7, 11) is 0. The van der Waals surface area contributed by atoms with E-state index in [0.717, 1.165) is 24.2 Å². The van der Waals surface area contributed by atoms with E-state index in [0.29, 0.717) is 6.54 Å². The molecule has 0 spiro atoms. The first kappa shape index (κ1) is 8.23. The highest BCUT2D eigenvalue weighted by molar-refractivity contribution is 5.73. The molecule has 0 unspecified atom stereocenters. The zero-order chi connectivity index (χ0) is 9.26. The third kappa shape index (κ3) is 1.54. The summed E-state index contributed by atoms with van der Waals surface area (Å²) < 4.78 is 0. The van der Waals surface area contributed by atoms with Gasteiger partial charge in [-0.2, -0.15) is 0 Å². The Hall–Kier alpha value is -1.38. The van der Waals surface area contributed by atoms with Crippen LogP contribution in [0, 0.1) is 6.20 Å². The quantitative estimate of drug-likeness (QED) is 0.584. The number of carbonyl (C=O) groups is 1. The van der Waals surface area contributed by atoms with Crippen LogP contribution in [0.15, 0.2) is 12.1 Å². The van der Waals surface area contributed by atoms with Crippen molar-refractivity contribution in [1.29, 1.82) is 0 Å². The van der Waals surface area contributed by atoms with Crippen LogP contribution in [0.25, 0.3) is 0 Å². The van der Waals surface area contributed by atoms with Gasteiger partial charge in [0.1, 0.15) is 0 Å². The van der Waals surface area contributed by atoms with Crippen LogP contribution < -0.4 is 0 Å². The minimum atomic E-state index is 0.137. The van der Waals surface area contributed by atoms with Crippen LogP contribution in [0.2, 0.25) is 0 Å². The van der Waals surface area contributed by atoms with Gasteiger partial charge in [-0.25, -0.2) is 0 Å². The first-order chi connectivity index (χ1) is 6.27. The predicted molar refractivity (Wildman–Crippen MR) is 47.9 cm³/mol. The van der Waals surface area contributed by atoms with E-state index in [-0.39, 0.29) is 5.91 Å². The maximum Gasteiger partial charge on any atom is 0.219 e. The minimum absolute atomic E-state index is 0.137. The maximum atomic E-state index is 11.1. The summed E-state index contributed by atoms with van der Waals surface area (Å²) in [5, 5.41) is 0. The van der Waals surface area contributed by atoms with Crippen molar-refractivity contribution in [2.24, 2.45) is 0 Å². The molecule has 3 nitrogen and oxygen atoms in total. The number of hydrogen-bond donors (Lipinski definition) is 0. The molecule has 13 heavy (non-hydrogen) atoms. The fourth-order valence-corrected chi connectivity index (χ4v) is 1.58. The van der Waals surface area contributed by atoms with Crippen LogP contribution in [-0.4, -0.2) is 22.3 Å². The van der Waals surface area contributed by atoms with Crippen LogP contribution in [0.3, 0.4) is 0 Å². The number of hydrogen-bond acceptors (Lipinski definition) is 2. The third-order valence-corrected chi connectivity index (χ3v) is 2.35. The second-order valence-electron chi connectivity index (χ2n) is 3.24. The van der Waals surface area contributed by atoms with Gasteiger partial charge < -0.3 is 4.90 Å². The number of amides is 1. The Kier molecular flexibility index (Phi) is 2.00. The van der Waals surface area contributed by atoms with Crippen molar-refractivity contribution in [2.75, 3.05) is 6.54 Å². The van der Waals surface area contributed by atoms with Gasteiger partial charge in [0.2, 0.25) is 5.91 Å². The molecule has 1 aliphatic rings. The summed E-state index contributed by atoms with van der Waals surface area (Å²) in [6.07, 6.45) is 3.66. The van der Waals surface area contributed by atoms with Gasteiger partial charge in [0, 0.05) is 32.1 Å². The van der Waals surface area contributed by atoms with E-state index in [1.54, 1.807) is 13.0 Å². The summed E-state index contributed by atoms with van der Waals surface area (Å²) in [6, 6.07) is 3.78. The number of aromatic nitrogens is 1. The molecule has 1 aromatic rings. The highest BCUT2D eigenvalue weighted by Gasteiger charge is 2.17. The van der Waals surface area contributed by atoms with Crippen LogP contribution in [0.5, 0.6) is 0 Å². The second kappa shape index (κ2) is 3.17. The van der Waals surface area contributed by atoms with Crippen LogP contribution in [0.4, 0.5) is 0 Å². The van der Waals surface area contributed by atoms with Gasteiger partial charge in [-0.05, 0) is 11.6 Å². The summed E-state index contributed by atoms with van der Waals surface area (Å²) in [4.78, 5) is 17.1. The molecule has 1 aliphatic heterocycles. The molecule has 3 heteroatoms. The van der Waals surface area contributed by atoms with E-state index in [9.17, 15) is 4.79 Å². The molecule has 2 rings (SSSR count). The maximum absolute atomic E-state index is 11.1. The Bertz CT molecular complexity index is 335. The molecule has 0 saturated carbocycles. The highest BCUT2D eigenvalue weighted by atomic mass is 16.2. The fraction of sp³-hybridized carbons (Fsp3) is 0.400. The highest BCUT2D eigenvalue weighted by Crippen LogP contribution is 2.15. The van der Waals surface area contributed by atoms with Gasteiger partial charge in [-0.1, -0.05) is 6.07 Å². The first-order valence-electron chi connectivity index (χ1n) is 4.38. The van der Waals surface area contributed by atoms with Gasteiger partial charge in [-0.15, -0.1) is 0 Å². The SMILES string of the molecule is CC(=O)N1CCc2n[c]ccc2C1. The van der Waals surface area contributed by atoms with Crippen LogP contribution in [-0.2, 0) is 17.8 Å². The van der Waals surface area contributed by atoms with Crippen molar-refractivity contribution in [3.8, 4) is 0 Å². The molecule has 0 N–H and O–H groups in total. The molecule has 0 aliphatic carbocycles. The second-order valence-corrected chi connectivity index (χ2v) is 3.24. The van der Waals surface area contributed by atoms with E-state index < -0.39 is 0 Å². The lowest BCUT2D eigenvalue weighted by Crippen LogP contribution is -2.34. The van der Waals surface area contributed by atoms with E-state index in [4.69, 9.17) is 0 Å². The molecule has 2 heterocycles. The Morgan fingerprint density at radius 2 is 2.54 bits per heavy atom. The van der Waals surface area contributed by atoms with Crippen molar-refractivity contribution in [3.63, 3.8) is 0 Å². The number of nitrogens with zero attached hydrogens (tertiary/aromatic N) is 2. The van der Waals surface area contributed by atoms with Crippen molar-refractivity contribution in [3.05, 3.63) is 29.6 Å². The van der Waals surface area contributed by atoms with E-state index >= 15 is 0 Å². The lowest BCUT2D eigenvalue weighted by atomic mass is 10.1. The largest absolute Gasteiger partial charge is 0.338 e. The van der Waals surface area contributed by atoms with Gasteiger partial charge in [-0.3, -0.25) is 9.78 Å². The number of pyridine rings is 1. The molecule has 0 atom stereocenters. The molecular weight excluding hydrogens is 164 g/mol. The molecule has 0 fully saturated rings. The Labute approximate surface area is 77.4 Å². The first-order valence-corrected chi connectivity index (χ1v) is 4.38. The van der Waals surface area contributed by atoms with Gasteiger partial charge in [0.25, 0.3) is 0 Å². The van der Waals surface area contributed by atoms with Crippen molar-refractivity contribution < 1.29 is 4.79 Å². The monoisotopic (exact) mass is 175 g/mol. The summed E-state index contributed by atoms with van der Waals surface area (Å²) >= 11 is 0. The van der Waals surface area contributed by atoms with Crippen molar-refractivity contribution in [2.45, 2.75) is 19.9 Å². The van der Waals surface area contributed by atoms with E-state index in [1.807, 2.05) is 11.0 Å². The lowest BCUT2D eigenvalue weighted by Gasteiger charge is -2.26.